The molecule has 0 bridgehead atoms. The van der Waals surface area contributed by atoms with Gasteiger partial charge in [-0.25, -0.2) is 0 Å². The Morgan fingerprint density at radius 2 is 2.08 bits per heavy atom. The molecular weight excluding hydrogens is 164 g/mol. The Balaban J connectivity index is 2.85. The predicted octanol–water partition coefficient (Wildman–Crippen LogP) is 2.16. The lowest BCUT2D eigenvalue weighted by molar-refractivity contribution is -0.110. The van der Waals surface area contributed by atoms with E-state index >= 15 is 0 Å². The molecule has 0 aliphatic carbocycles. The molecule has 0 unspecified atom stereocenters. The van der Waals surface area contributed by atoms with Gasteiger partial charge in [0, 0.05) is 5.56 Å². The van der Waals surface area contributed by atoms with Gasteiger partial charge in [0.25, 0.3) is 0 Å². The Kier molecular flexibility index (Phi) is 3.03. The Morgan fingerprint density at radius 3 is 2.69 bits per heavy atom. The number of carbonyl (C=O) groups is 1. The molecule has 66 valence electrons. The first-order valence-electron chi connectivity index (χ1n) is 3.86. The van der Waals surface area contributed by atoms with Crippen LogP contribution in [0.3, 0.4) is 0 Å². The highest BCUT2D eigenvalue weighted by Crippen LogP contribution is 2.16. The molecule has 1 aromatic rings. The van der Waals surface area contributed by atoms with E-state index in [2.05, 4.69) is 6.58 Å². The minimum atomic E-state index is -0.178. The average molecular weight is 174 g/mol. The van der Waals surface area contributed by atoms with Crippen molar-refractivity contribution in [1.29, 1.82) is 0 Å². The van der Waals surface area contributed by atoms with E-state index in [9.17, 15) is 9.90 Å². The number of aromatic hydroxyl groups is 1. The first kappa shape index (κ1) is 9.26. The maximum absolute atomic E-state index is 10.8. The zero-order valence-corrected chi connectivity index (χ0v) is 7.10. The number of para-hydroxylation sites is 1. The number of rotatable bonds is 3. The van der Waals surface area contributed by atoms with E-state index in [1.807, 2.05) is 0 Å². The second-order valence-electron chi connectivity index (χ2n) is 2.50. The molecule has 0 atom stereocenters. The number of hydrogen-bond acceptors (Lipinski definition) is 2. The molecule has 0 aliphatic heterocycles. The topological polar surface area (TPSA) is 37.3 Å². The highest BCUT2D eigenvalue weighted by Gasteiger charge is 1.94. The van der Waals surface area contributed by atoms with Gasteiger partial charge in [-0.2, -0.15) is 0 Å². The van der Waals surface area contributed by atoms with Crippen LogP contribution in [0.15, 0.2) is 43.0 Å². The van der Waals surface area contributed by atoms with Gasteiger partial charge in [-0.1, -0.05) is 24.8 Å². The fourth-order valence-electron chi connectivity index (χ4n) is 0.868. The summed E-state index contributed by atoms with van der Waals surface area (Å²) in [7, 11) is 0. The maximum atomic E-state index is 10.8. The zero-order chi connectivity index (χ0) is 9.68. The van der Waals surface area contributed by atoms with Gasteiger partial charge in [0.05, 0.1) is 0 Å². The maximum Gasteiger partial charge on any atom is 0.178 e. The zero-order valence-electron chi connectivity index (χ0n) is 7.10. The average Bonchev–Trinajstić information content (AvgIpc) is 2.16. The van der Waals surface area contributed by atoms with Crippen molar-refractivity contribution >= 4 is 11.9 Å². The molecule has 1 aromatic carbocycles. The van der Waals surface area contributed by atoms with Crippen molar-refractivity contribution in [3.8, 4) is 5.75 Å². The molecule has 0 radical (unpaired) electrons. The minimum Gasteiger partial charge on any atom is -0.507 e. The first-order chi connectivity index (χ1) is 6.24. The third-order valence-corrected chi connectivity index (χ3v) is 1.57. The van der Waals surface area contributed by atoms with Crippen LogP contribution in [0.2, 0.25) is 0 Å². The van der Waals surface area contributed by atoms with E-state index in [-0.39, 0.29) is 11.5 Å². The van der Waals surface area contributed by atoms with Crippen LogP contribution in [0, 0.1) is 0 Å². The highest BCUT2D eigenvalue weighted by molar-refractivity contribution is 6.01. The van der Waals surface area contributed by atoms with Crippen molar-refractivity contribution in [3.05, 3.63) is 48.6 Å². The van der Waals surface area contributed by atoms with Gasteiger partial charge in [0.1, 0.15) is 5.75 Å². The molecule has 0 amide bonds. The SMILES string of the molecule is C=CC(=O)C=Cc1ccccc1O. The molecule has 0 aliphatic rings. The van der Waals surface area contributed by atoms with Crippen LogP contribution in [0.25, 0.3) is 6.08 Å². The van der Waals surface area contributed by atoms with Crippen molar-refractivity contribution in [3.63, 3.8) is 0 Å². The molecule has 0 saturated heterocycles. The number of ketones is 1. The van der Waals surface area contributed by atoms with Gasteiger partial charge in [-0.3, -0.25) is 4.79 Å². The number of phenols is 1. The van der Waals surface area contributed by atoms with Gasteiger partial charge in [-0.15, -0.1) is 0 Å². The van der Waals surface area contributed by atoms with Crippen molar-refractivity contribution in [1.82, 2.24) is 0 Å². The summed E-state index contributed by atoms with van der Waals surface area (Å²) in [4.78, 5) is 10.8. The van der Waals surface area contributed by atoms with Crippen LogP contribution >= 0.6 is 0 Å². The fraction of sp³-hybridized carbons (Fsp3) is 0. The number of phenolic OH excluding ortho intramolecular Hbond substituents is 1. The summed E-state index contributed by atoms with van der Waals surface area (Å²) in [5, 5.41) is 9.31. The van der Waals surface area contributed by atoms with Crippen molar-refractivity contribution in [2.75, 3.05) is 0 Å². The highest BCUT2D eigenvalue weighted by atomic mass is 16.3. The largest absolute Gasteiger partial charge is 0.507 e. The fourth-order valence-corrected chi connectivity index (χ4v) is 0.868. The number of carbonyl (C=O) groups excluding carboxylic acids is 1. The predicted molar refractivity (Wildman–Crippen MR) is 52.3 cm³/mol. The standard InChI is InChI=1S/C11H10O2/c1-2-10(12)8-7-9-5-3-4-6-11(9)13/h2-8,13H,1H2. The van der Waals surface area contributed by atoms with Crippen LogP contribution in [-0.2, 0) is 4.79 Å². The summed E-state index contributed by atoms with van der Waals surface area (Å²) in [6.45, 7) is 3.33. The third kappa shape index (κ3) is 2.60. The Labute approximate surface area is 76.8 Å². The molecule has 13 heavy (non-hydrogen) atoms. The van der Waals surface area contributed by atoms with Crippen LogP contribution in [-0.4, -0.2) is 10.9 Å². The van der Waals surface area contributed by atoms with Crippen molar-refractivity contribution < 1.29 is 9.90 Å². The van der Waals surface area contributed by atoms with Gasteiger partial charge in [-0.05, 0) is 24.3 Å². The monoisotopic (exact) mass is 174 g/mol. The van der Waals surface area contributed by atoms with E-state index in [1.54, 1.807) is 30.3 Å². The molecule has 1 rings (SSSR count). The molecule has 0 aromatic heterocycles. The Morgan fingerprint density at radius 1 is 1.38 bits per heavy atom. The quantitative estimate of drug-likeness (QED) is 0.713. The van der Waals surface area contributed by atoms with E-state index in [4.69, 9.17) is 0 Å². The van der Waals surface area contributed by atoms with E-state index < -0.39 is 0 Å². The Hall–Kier alpha value is -1.83. The minimum absolute atomic E-state index is 0.163. The third-order valence-electron chi connectivity index (χ3n) is 1.57. The van der Waals surface area contributed by atoms with Gasteiger partial charge >= 0.3 is 0 Å². The lowest BCUT2D eigenvalue weighted by Crippen LogP contribution is -1.82. The summed E-state index contributed by atoms with van der Waals surface area (Å²) in [5.74, 6) is -0.0149. The molecule has 1 N–H and O–H groups in total. The van der Waals surface area contributed by atoms with E-state index in [1.165, 1.54) is 12.2 Å². The lowest BCUT2D eigenvalue weighted by atomic mass is 10.2. The van der Waals surface area contributed by atoms with E-state index in [0.717, 1.165) is 0 Å². The smallest absolute Gasteiger partial charge is 0.178 e. The first-order valence-corrected chi connectivity index (χ1v) is 3.86. The second-order valence-corrected chi connectivity index (χ2v) is 2.50. The summed E-state index contributed by atoms with van der Waals surface area (Å²) in [5.41, 5.74) is 0.623. The molecule has 0 spiro atoms. The summed E-state index contributed by atoms with van der Waals surface area (Å²) < 4.78 is 0. The van der Waals surface area contributed by atoms with Crippen LogP contribution in [0.4, 0.5) is 0 Å². The van der Waals surface area contributed by atoms with Crippen LogP contribution in [0.5, 0.6) is 5.75 Å². The second kappa shape index (κ2) is 4.26. The number of allylic oxidation sites excluding steroid dienone is 2. The number of hydrogen-bond donors (Lipinski definition) is 1. The molecule has 0 heterocycles. The van der Waals surface area contributed by atoms with E-state index in [0.29, 0.717) is 5.56 Å². The van der Waals surface area contributed by atoms with Gasteiger partial charge in [0.15, 0.2) is 5.78 Å². The molecular formula is C11H10O2. The van der Waals surface area contributed by atoms with Crippen molar-refractivity contribution in [2.45, 2.75) is 0 Å². The van der Waals surface area contributed by atoms with Gasteiger partial charge in [0.2, 0.25) is 0 Å². The summed E-state index contributed by atoms with van der Waals surface area (Å²) in [6, 6.07) is 6.81. The van der Waals surface area contributed by atoms with Gasteiger partial charge < -0.3 is 5.11 Å². The lowest BCUT2D eigenvalue weighted by Gasteiger charge is -1.95. The molecule has 2 heteroatoms. The van der Waals surface area contributed by atoms with Crippen LogP contribution < -0.4 is 0 Å². The molecule has 0 saturated carbocycles. The van der Waals surface area contributed by atoms with Crippen molar-refractivity contribution in [2.24, 2.45) is 0 Å². The molecule has 2 nitrogen and oxygen atoms in total. The normalized spacial score (nSPS) is 10.2. The Bertz CT molecular complexity index is 351. The number of benzene rings is 1. The summed E-state index contributed by atoms with van der Waals surface area (Å²) >= 11 is 0. The summed E-state index contributed by atoms with van der Waals surface area (Å²) in [6.07, 6.45) is 4.14. The molecule has 0 fully saturated rings. The van der Waals surface area contributed by atoms with Crippen LogP contribution in [0.1, 0.15) is 5.56 Å².